The highest BCUT2D eigenvalue weighted by atomic mass is 32.1. The molecule has 0 atom stereocenters. The summed E-state index contributed by atoms with van der Waals surface area (Å²) in [5.74, 6) is -0.240. The van der Waals surface area contributed by atoms with Gasteiger partial charge in [-0.1, -0.05) is 12.2 Å². The van der Waals surface area contributed by atoms with Crippen LogP contribution in [0.25, 0.3) is 0 Å². The Morgan fingerprint density at radius 2 is 2.20 bits per heavy atom. The standard InChI is InChI=1S/C9H12N4OS/c1-6-3-12-7(4-11-6)9(14)13(2)5-8(10)15/h3-4H,5H2,1-2H3,(H2,10,15). The van der Waals surface area contributed by atoms with Crippen LogP contribution in [0.3, 0.4) is 0 Å². The SMILES string of the molecule is Cc1cnc(C(=O)N(C)CC(N)=S)cn1. The van der Waals surface area contributed by atoms with Gasteiger partial charge >= 0.3 is 0 Å². The lowest BCUT2D eigenvalue weighted by molar-refractivity contribution is 0.0809. The molecule has 1 aromatic rings. The quantitative estimate of drug-likeness (QED) is 0.740. The van der Waals surface area contributed by atoms with Gasteiger partial charge in [0.15, 0.2) is 0 Å². The van der Waals surface area contributed by atoms with Gasteiger partial charge in [0.2, 0.25) is 0 Å². The summed E-state index contributed by atoms with van der Waals surface area (Å²) < 4.78 is 0. The lowest BCUT2D eigenvalue weighted by atomic mass is 10.3. The molecule has 0 aliphatic carbocycles. The van der Waals surface area contributed by atoms with Crippen molar-refractivity contribution in [1.29, 1.82) is 0 Å². The molecule has 0 unspecified atom stereocenters. The van der Waals surface area contributed by atoms with Crippen molar-refractivity contribution in [2.75, 3.05) is 13.6 Å². The molecular formula is C9H12N4OS. The Balaban J connectivity index is 2.76. The molecule has 2 N–H and O–H groups in total. The molecule has 0 spiro atoms. The number of carbonyl (C=O) groups excluding carboxylic acids is 1. The maximum absolute atomic E-state index is 11.7. The van der Waals surface area contributed by atoms with Crippen LogP contribution in [-0.4, -0.2) is 39.4 Å². The average molecular weight is 224 g/mol. The first-order valence-corrected chi connectivity index (χ1v) is 4.74. The van der Waals surface area contributed by atoms with Crippen LogP contribution in [-0.2, 0) is 0 Å². The molecule has 0 aromatic carbocycles. The lowest BCUT2D eigenvalue weighted by Crippen LogP contribution is -2.34. The molecule has 0 bridgehead atoms. The largest absolute Gasteiger partial charge is 0.392 e. The lowest BCUT2D eigenvalue weighted by Gasteiger charge is -2.15. The van der Waals surface area contributed by atoms with Crippen molar-refractivity contribution in [2.24, 2.45) is 5.73 Å². The average Bonchev–Trinajstić information content (AvgIpc) is 2.17. The summed E-state index contributed by atoms with van der Waals surface area (Å²) in [6.45, 7) is 2.05. The third-order valence-electron chi connectivity index (χ3n) is 1.74. The smallest absolute Gasteiger partial charge is 0.274 e. The van der Waals surface area contributed by atoms with E-state index < -0.39 is 0 Å². The Bertz CT molecular complexity index is 376. The van der Waals surface area contributed by atoms with Gasteiger partial charge in [-0.05, 0) is 6.92 Å². The highest BCUT2D eigenvalue weighted by molar-refractivity contribution is 7.80. The second kappa shape index (κ2) is 4.79. The molecule has 5 nitrogen and oxygen atoms in total. The number of carbonyl (C=O) groups is 1. The van der Waals surface area contributed by atoms with Gasteiger partial charge in [-0.3, -0.25) is 9.78 Å². The summed E-state index contributed by atoms with van der Waals surface area (Å²) in [4.78, 5) is 21.3. The van der Waals surface area contributed by atoms with Crippen LogP contribution in [0.2, 0.25) is 0 Å². The molecule has 0 aliphatic heterocycles. The van der Waals surface area contributed by atoms with Crippen LogP contribution >= 0.6 is 12.2 Å². The number of hydrogen-bond acceptors (Lipinski definition) is 4. The fourth-order valence-electron chi connectivity index (χ4n) is 1.00. The summed E-state index contributed by atoms with van der Waals surface area (Å²) in [7, 11) is 1.61. The maximum atomic E-state index is 11.7. The first-order valence-electron chi connectivity index (χ1n) is 4.33. The predicted molar refractivity (Wildman–Crippen MR) is 60.5 cm³/mol. The van der Waals surface area contributed by atoms with Crippen LogP contribution in [0.15, 0.2) is 12.4 Å². The fraction of sp³-hybridized carbons (Fsp3) is 0.333. The molecule has 0 fully saturated rings. The van der Waals surface area contributed by atoms with E-state index in [-0.39, 0.29) is 17.4 Å². The first-order chi connectivity index (χ1) is 7.00. The predicted octanol–water partition coefficient (Wildman–Crippen LogP) is 0.143. The van der Waals surface area contributed by atoms with Gasteiger partial charge in [0, 0.05) is 13.2 Å². The molecule has 1 aromatic heterocycles. The van der Waals surface area contributed by atoms with E-state index in [1.807, 2.05) is 0 Å². The van der Waals surface area contributed by atoms with E-state index in [4.69, 9.17) is 18.0 Å². The van der Waals surface area contributed by atoms with Gasteiger partial charge in [-0.25, -0.2) is 4.98 Å². The van der Waals surface area contributed by atoms with Crippen molar-refractivity contribution in [3.8, 4) is 0 Å². The summed E-state index contributed by atoms with van der Waals surface area (Å²) >= 11 is 4.71. The Kier molecular flexibility index (Phi) is 3.68. The van der Waals surface area contributed by atoms with E-state index >= 15 is 0 Å². The van der Waals surface area contributed by atoms with E-state index in [9.17, 15) is 4.79 Å². The van der Waals surface area contributed by atoms with Crippen LogP contribution in [0.4, 0.5) is 0 Å². The number of aromatic nitrogens is 2. The molecule has 0 aliphatic rings. The van der Waals surface area contributed by atoms with E-state index in [2.05, 4.69) is 9.97 Å². The van der Waals surface area contributed by atoms with Gasteiger partial charge in [0.1, 0.15) is 5.69 Å². The van der Waals surface area contributed by atoms with Crippen molar-refractivity contribution >= 4 is 23.1 Å². The first kappa shape index (κ1) is 11.5. The molecule has 15 heavy (non-hydrogen) atoms. The van der Waals surface area contributed by atoms with Crippen LogP contribution in [0.1, 0.15) is 16.2 Å². The van der Waals surface area contributed by atoms with E-state index in [1.54, 1.807) is 20.2 Å². The number of aryl methyl sites for hydroxylation is 1. The molecule has 6 heteroatoms. The van der Waals surface area contributed by atoms with Crippen molar-refractivity contribution in [3.63, 3.8) is 0 Å². The Morgan fingerprint density at radius 1 is 1.53 bits per heavy atom. The molecular weight excluding hydrogens is 212 g/mol. The minimum Gasteiger partial charge on any atom is -0.392 e. The molecule has 0 saturated carbocycles. The van der Waals surface area contributed by atoms with E-state index in [0.717, 1.165) is 5.69 Å². The maximum Gasteiger partial charge on any atom is 0.274 e. The number of rotatable bonds is 3. The van der Waals surface area contributed by atoms with Gasteiger partial charge in [-0.15, -0.1) is 0 Å². The fourth-order valence-corrected chi connectivity index (χ4v) is 1.20. The van der Waals surface area contributed by atoms with E-state index in [1.165, 1.54) is 11.1 Å². The molecule has 1 heterocycles. The zero-order valence-corrected chi connectivity index (χ0v) is 9.41. The second-order valence-electron chi connectivity index (χ2n) is 3.17. The summed E-state index contributed by atoms with van der Waals surface area (Å²) in [6.07, 6.45) is 2.98. The van der Waals surface area contributed by atoms with Crippen LogP contribution in [0.5, 0.6) is 0 Å². The molecule has 0 radical (unpaired) electrons. The third-order valence-corrected chi connectivity index (χ3v) is 1.87. The van der Waals surface area contributed by atoms with Crippen LogP contribution in [0, 0.1) is 6.92 Å². The van der Waals surface area contributed by atoms with Crippen molar-refractivity contribution < 1.29 is 4.79 Å². The minimum absolute atomic E-state index is 0.240. The van der Waals surface area contributed by atoms with Crippen molar-refractivity contribution in [2.45, 2.75) is 6.92 Å². The van der Waals surface area contributed by atoms with Crippen LogP contribution < -0.4 is 5.73 Å². The van der Waals surface area contributed by atoms with Crippen molar-refractivity contribution in [1.82, 2.24) is 14.9 Å². The van der Waals surface area contributed by atoms with Gasteiger partial charge in [0.25, 0.3) is 5.91 Å². The zero-order valence-electron chi connectivity index (χ0n) is 8.60. The third kappa shape index (κ3) is 3.25. The minimum atomic E-state index is -0.240. The van der Waals surface area contributed by atoms with Gasteiger partial charge < -0.3 is 10.6 Å². The number of nitrogens with zero attached hydrogens (tertiary/aromatic N) is 3. The number of amides is 1. The highest BCUT2D eigenvalue weighted by Gasteiger charge is 2.13. The highest BCUT2D eigenvalue weighted by Crippen LogP contribution is 1.98. The Labute approximate surface area is 93.3 Å². The topological polar surface area (TPSA) is 72.1 Å². The van der Waals surface area contributed by atoms with E-state index in [0.29, 0.717) is 5.69 Å². The summed E-state index contributed by atoms with van der Waals surface area (Å²) in [5.41, 5.74) is 6.39. The Morgan fingerprint density at radius 3 is 2.67 bits per heavy atom. The van der Waals surface area contributed by atoms with Gasteiger partial charge in [-0.2, -0.15) is 0 Å². The number of thiocarbonyl (C=S) groups is 1. The molecule has 80 valence electrons. The number of nitrogens with two attached hydrogens (primary N) is 1. The molecule has 1 amide bonds. The molecule has 1 rings (SSSR count). The second-order valence-corrected chi connectivity index (χ2v) is 3.69. The summed E-state index contributed by atoms with van der Waals surface area (Å²) in [6, 6.07) is 0. The molecule has 0 saturated heterocycles. The number of hydrogen-bond donors (Lipinski definition) is 1. The zero-order chi connectivity index (χ0) is 11.4. The normalized spacial score (nSPS) is 9.73. The number of likely N-dealkylation sites (N-methyl/N-ethyl adjacent to an activating group) is 1. The van der Waals surface area contributed by atoms with Crippen molar-refractivity contribution in [3.05, 3.63) is 23.8 Å². The Hall–Kier alpha value is -1.56. The van der Waals surface area contributed by atoms with Gasteiger partial charge in [0.05, 0.1) is 23.4 Å². The monoisotopic (exact) mass is 224 g/mol. The summed E-state index contributed by atoms with van der Waals surface area (Å²) in [5, 5.41) is 0.